The molecule has 0 atom stereocenters. The van der Waals surface area contributed by atoms with Crippen molar-refractivity contribution in [2.75, 3.05) is 0 Å². The Morgan fingerprint density at radius 2 is 0.310 bits per heavy atom. The molecule has 0 aliphatic carbocycles. The predicted octanol–water partition coefficient (Wildman–Crippen LogP) is -0.280. The molecule has 0 aliphatic heterocycles. The molecule has 0 aromatic carbocycles. The zero-order valence-corrected chi connectivity index (χ0v) is 16.5. The molecule has 0 saturated heterocycles. The Balaban J connectivity index is -0.0000000294. The van der Waals surface area contributed by atoms with Gasteiger partial charge in [-0.3, -0.25) is 33.6 Å². The fourth-order valence-corrected chi connectivity index (χ4v) is 0. The molecule has 0 aromatic rings. The number of carboxylic acid groups (broad SMARTS) is 7. The molecule has 0 heterocycles. The van der Waals surface area contributed by atoms with Crippen LogP contribution in [0, 0.1) is 0 Å². The molecule has 0 bridgehead atoms. The summed E-state index contributed by atoms with van der Waals surface area (Å²) in [5.74, 6) is -5.83. The maximum Gasteiger partial charge on any atom is 0.316 e. The molecule has 29 heavy (non-hydrogen) atoms. The van der Waals surface area contributed by atoms with Crippen LogP contribution in [-0.4, -0.2) is 101 Å². The van der Waals surface area contributed by atoms with E-state index in [1.807, 2.05) is 0 Å². The van der Waals surface area contributed by atoms with Gasteiger partial charge in [-0.05, 0) is 0 Å². The van der Waals surface area contributed by atoms with Gasteiger partial charge in [0.05, 0.1) is 0 Å². The van der Waals surface area contributed by atoms with E-state index in [2.05, 4.69) is 0 Å². The van der Waals surface area contributed by atoms with Crippen molar-refractivity contribution in [1.82, 2.24) is 0 Å². The molecular formula is C14H30MgO14. The van der Waals surface area contributed by atoms with Crippen LogP contribution in [-0.2, 0) is 33.6 Å². The van der Waals surface area contributed by atoms with Gasteiger partial charge in [-0.1, -0.05) is 0 Å². The van der Waals surface area contributed by atoms with E-state index >= 15 is 0 Å². The van der Waals surface area contributed by atoms with Crippen LogP contribution in [0.25, 0.3) is 0 Å². The second kappa shape index (κ2) is 44.5. The van der Waals surface area contributed by atoms with E-state index in [-0.39, 0.29) is 23.1 Å². The van der Waals surface area contributed by atoms with Gasteiger partial charge in [0, 0.05) is 48.5 Å². The van der Waals surface area contributed by atoms with Crippen LogP contribution in [0.4, 0.5) is 0 Å². The normalized spacial score (nSPS) is 6.03. The Labute approximate surface area is 182 Å². The van der Waals surface area contributed by atoms with Crippen LogP contribution >= 0.6 is 0 Å². The lowest BCUT2D eigenvalue weighted by Gasteiger charge is -1.59. The van der Waals surface area contributed by atoms with Crippen molar-refractivity contribution >= 4 is 64.8 Å². The molecule has 0 aromatic heterocycles. The number of hydrogen-bond donors (Lipinski definition) is 7. The smallest absolute Gasteiger partial charge is 0.316 e. The Morgan fingerprint density at radius 3 is 0.310 bits per heavy atom. The highest BCUT2D eigenvalue weighted by Crippen LogP contribution is 1.44. The summed E-state index contributed by atoms with van der Waals surface area (Å²) in [6.07, 6.45) is 0. The maximum atomic E-state index is 9.00. The Bertz CT molecular complexity index is 313. The number of carboxylic acids is 7. The van der Waals surface area contributed by atoms with Gasteiger partial charge >= 0.3 is 23.1 Å². The summed E-state index contributed by atoms with van der Waals surface area (Å²) in [5.41, 5.74) is 0. The van der Waals surface area contributed by atoms with E-state index in [1.54, 1.807) is 0 Å². The Hall–Kier alpha value is -2.94. The van der Waals surface area contributed by atoms with Gasteiger partial charge in [-0.2, -0.15) is 0 Å². The zero-order chi connectivity index (χ0) is 25.0. The SMILES string of the molecule is CC(=O)O.CC(=O)O.CC(=O)O.CC(=O)O.CC(=O)O.CC(=O)O.CC(=O)O.[MgH2]. The van der Waals surface area contributed by atoms with E-state index < -0.39 is 41.8 Å². The molecule has 0 amide bonds. The summed E-state index contributed by atoms with van der Waals surface area (Å²) < 4.78 is 0. The van der Waals surface area contributed by atoms with Crippen LogP contribution in [0.2, 0.25) is 0 Å². The van der Waals surface area contributed by atoms with E-state index in [4.69, 9.17) is 69.3 Å². The monoisotopic (exact) mass is 446 g/mol. The van der Waals surface area contributed by atoms with Gasteiger partial charge in [0.2, 0.25) is 0 Å². The highest BCUT2D eigenvalue weighted by atomic mass is 24.3. The van der Waals surface area contributed by atoms with Gasteiger partial charge < -0.3 is 35.7 Å². The average molecular weight is 447 g/mol. The molecule has 0 radical (unpaired) electrons. The zero-order valence-electron chi connectivity index (χ0n) is 16.5. The summed E-state index contributed by atoms with van der Waals surface area (Å²) >= 11 is 0. The van der Waals surface area contributed by atoms with Crippen molar-refractivity contribution in [2.45, 2.75) is 48.5 Å². The second-order valence-electron chi connectivity index (χ2n) is 3.63. The lowest BCUT2D eigenvalue weighted by atomic mass is 10.9. The lowest BCUT2D eigenvalue weighted by molar-refractivity contribution is -0.135. The molecule has 14 nitrogen and oxygen atoms in total. The van der Waals surface area contributed by atoms with Crippen LogP contribution in [0.1, 0.15) is 48.5 Å². The second-order valence-corrected chi connectivity index (χ2v) is 3.63. The van der Waals surface area contributed by atoms with Crippen molar-refractivity contribution in [3.63, 3.8) is 0 Å². The van der Waals surface area contributed by atoms with E-state index in [0.29, 0.717) is 0 Å². The minimum atomic E-state index is -0.833. The average Bonchev–Trinajstić information content (AvgIpc) is 2.20. The van der Waals surface area contributed by atoms with Crippen LogP contribution in [0.5, 0.6) is 0 Å². The number of rotatable bonds is 0. The Kier molecular flexibility index (Phi) is 76.9. The molecule has 0 aliphatic rings. The van der Waals surface area contributed by atoms with Crippen LogP contribution in [0.3, 0.4) is 0 Å². The molecule has 0 saturated carbocycles. The summed E-state index contributed by atoms with van der Waals surface area (Å²) in [4.78, 5) is 63.0. The summed E-state index contributed by atoms with van der Waals surface area (Å²) in [7, 11) is 0. The van der Waals surface area contributed by atoms with E-state index in [9.17, 15) is 0 Å². The first-order chi connectivity index (χ1) is 12.1. The fourth-order valence-electron chi connectivity index (χ4n) is 0. The topological polar surface area (TPSA) is 261 Å². The van der Waals surface area contributed by atoms with Gasteiger partial charge in [0.25, 0.3) is 41.8 Å². The van der Waals surface area contributed by atoms with Crippen molar-refractivity contribution in [3.05, 3.63) is 0 Å². The van der Waals surface area contributed by atoms with Crippen molar-refractivity contribution in [1.29, 1.82) is 0 Å². The molecule has 0 fully saturated rings. The third-order valence-corrected chi connectivity index (χ3v) is 0. The van der Waals surface area contributed by atoms with Crippen LogP contribution in [0.15, 0.2) is 0 Å². The molecule has 0 spiro atoms. The van der Waals surface area contributed by atoms with Crippen molar-refractivity contribution < 1.29 is 69.3 Å². The van der Waals surface area contributed by atoms with E-state index in [0.717, 1.165) is 48.5 Å². The minimum Gasteiger partial charge on any atom is -0.481 e. The van der Waals surface area contributed by atoms with Gasteiger partial charge in [-0.25, -0.2) is 0 Å². The lowest BCUT2D eigenvalue weighted by Crippen LogP contribution is -1.78. The first-order valence-electron chi connectivity index (χ1n) is 6.49. The van der Waals surface area contributed by atoms with Gasteiger partial charge in [0.1, 0.15) is 0 Å². The number of carbonyl (C=O) groups is 7. The van der Waals surface area contributed by atoms with Gasteiger partial charge in [0.15, 0.2) is 0 Å². The van der Waals surface area contributed by atoms with Crippen molar-refractivity contribution in [3.8, 4) is 0 Å². The molecule has 172 valence electrons. The summed E-state index contributed by atoms with van der Waals surface area (Å²) in [6, 6.07) is 0. The maximum absolute atomic E-state index is 9.00. The molecular weight excluding hydrogens is 416 g/mol. The molecule has 0 unspecified atom stereocenters. The van der Waals surface area contributed by atoms with E-state index in [1.165, 1.54) is 0 Å². The van der Waals surface area contributed by atoms with Crippen molar-refractivity contribution in [2.24, 2.45) is 0 Å². The first kappa shape index (κ1) is 50.2. The Morgan fingerprint density at radius 1 is 0.310 bits per heavy atom. The third kappa shape index (κ3) is 1540. The largest absolute Gasteiger partial charge is 0.481 e. The quantitative estimate of drug-likeness (QED) is 0.236. The fraction of sp³-hybridized carbons (Fsp3) is 0.500. The first-order valence-corrected chi connectivity index (χ1v) is 6.49. The predicted molar refractivity (Wildman–Crippen MR) is 102 cm³/mol. The highest BCUT2D eigenvalue weighted by Gasteiger charge is 1.67. The van der Waals surface area contributed by atoms with Gasteiger partial charge in [-0.15, -0.1) is 0 Å². The molecule has 7 N–H and O–H groups in total. The third-order valence-electron chi connectivity index (χ3n) is 0. The van der Waals surface area contributed by atoms with Crippen LogP contribution < -0.4 is 0 Å². The highest BCUT2D eigenvalue weighted by molar-refractivity contribution is 5.75. The molecule has 0 rings (SSSR count). The summed E-state index contributed by atoms with van der Waals surface area (Å²) in [6.45, 7) is 7.58. The number of aliphatic carboxylic acids is 7. The number of hydrogen-bond acceptors (Lipinski definition) is 7. The minimum absolute atomic E-state index is 0. The summed E-state index contributed by atoms with van der Waals surface area (Å²) in [5, 5.41) is 51.9. The molecule has 15 heteroatoms. The standard InChI is InChI=1S/7C2H4O2.Mg.2H/c7*1-2(3)4;;;/h7*1H3,(H,3,4);;;.